The molecule has 0 aromatic carbocycles. The molecule has 1 aromatic rings. The summed E-state index contributed by atoms with van der Waals surface area (Å²) in [4.78, 5) is 3.97. The van der Waals surface area contributed by atoms with Crippen LogP contribution in [0.2, 0.25) is 19.6 Å². The Morgan fingerprint density at radius 1 is 1.53 bits per heavy atom. The molecule has 0 fully saturated rings. The van der Waals surface area contributed by atoms with Gasteiger partial charge in [0.1, 0.15) is 6.73 Å². The van der Waals surface area contributed by atoms with Crippen LogP contribution in [-0.2, 0) is 18.1 Å². The van der Waals surface area contributed by atoms with E-state index in [9.17, 15) is 0 Å². The van der Waals surface area contributed by atoms with Gasteiger partial charge in [0.15, 0.2) is 0 Å². The lowest BCUT2D eigenvalue weighted by atomic mass is 10.5. The number of hydrogen-bond donors (Lipinski definition) is 1. The number of aliphatic hydroxyl groups is 1. The van der Waals surface area contributed by atoms with Crippen LogP contribution >= 0.6 is 0 Å². The second-order valence-electron chi connectivity index (χ2n) is 4.82. The van der Waals surface area contributed by atoms with Crippen molar-refractivity contribution < 1.29 is 9.84 Å². The van der Waals surface area contributed by atoms with Gasteiger partial charge >= 0.3 is 0 Å². The molecule has 4 nitrogen and oxygen atoms in total. The molecule has 0 saturated heterocycles. The van der Waals surface area contributed by atoms with Gasteiger partial charge in [-0.05, 0) is 6.92 Å². The highest BCUT2D eigenvalue weighted by Gasteiger charge is 2.23. The summed E-state index contributed by atoms with van der Waals surface area (Å²) < 4.78 is 7.60. The second-order valence-corrected chi connectivity index (χ2v) is 10.4. The molecule has 0 bridgehead atoms. The first-order chi connectivity index (χ1) is 6.95. The molecule has 0 aliphatic carbocycles. The molecule has 1 rings (SSSR count). The first kappa shape index (κ1) is 12.4. The normalized spacial score (nSPS) is 14.2. The van der Waals surface area contributed by atoms with Gasteiger partial charge in [0, 0.05) is 5.73 Å². The van der Waals surface area contributed by atoms with Crippen LogP contribution in [0.3, 0.4) is 0 Å². The summed E-state index contributed by atoms with van der Waals surface area (Å²) in [6.07, 6.45) is 3.34. The van der Waals surface area contributed by atoms with Crippen molar-refractivity contribution in [2.45, 2.75) is 45.6 Å². The SMILES string of the molecule is CC(OCn1cncc1CO)[Si](C)(C)C. The van der Waals surface area contributed by atoms with Crippen molar-refractivity contribution in [3.8, 4) is 0 Å². The van der Waals surface area contributed by atoms with E-state index in [-0.39, 0.29) is 6.61 Å². The third-order valence-electron chi connectivity index (χ3n) is 2.64. The summed E-state index contributed by atoms with van der Waals surface area (Å²) in [7, 11) is -1.24. The van der Waals surface area contributed by atoms with Crippen LogP contribution < -0.4 is 0 Å². The smallest absolute Gasteiger partial charge is 0.124 e. The van der Waals surface area contributed by atoms with Crippen LogP contribution in [0.15, 0.2) is 12.5 Å². The van der Waals surface area contributed by atoms with Crippen molar-refractivity contribution in [3.05, 3.63) is 18.2 Å². The third-order valence-corrected chi connectivity index (χ3v) is 5.25. The Morgan fingerprint density at radius 3 is 2.73 bits per heavy atom. The molecular weight excluding hydrogens is 208 g/mol. The highest BCUT2D eigenvalue weighted by atomic mass is 28.3. The minimum atomic E-state index is -1.24. The second kappa shape index (κ2) is 4.91. The van der Waals surface area contributed by atoms with Gasteiger partial charge in [0.05, 0.1) is 32.9 Å². The minimum Gasteiger partial charge on any atom is -0.390 e. The van der Waals surface area contributed by atoms with E-state index in [1.165, 1.54) is 0 Å². The molecule has 86 valence electrons. The van der Waals surface area contributed by atoms with Gasteiger partial charge in [0.25, 0.3) is 0 Å². The average molecular weight is 228 g/mol. The highest BCUT2D eigenvalue weighted by Crippen LogP contribution is 2.12. The molecule has 1 heterocycles. The summed E-state index contributed by atoms with van der Waals surface area (Å²) in [5.74, 6) is 0. The number of hydrogen-bond acceptors (Lipinski definition) is 3. The van der Waals surface area contributed by atoms with Gasteiger partial charge in [0.2, 0.25) is 0 Å². The Labute approximate surface area is 91.9 Å². The van der Waals surface area contributed by atoms with E-state index in [0.29, 0.717) is 12.5 Å². The number of nitrogens with zero attached hydrogens (tertiary/aromatic N) is 2. The lowest BCUT2D eigenvalue weighted by Gasteiger charge is -2.25. The average Bonchev–Trinajstić information content (AvgIpc) is 2.59. The molecule has 1 N–H and O–H groups in total. The van der Waals surface area contributed by atoms with Crippen molar-refractivity contribution in [1.29, 1.82) is 0 Å². The number of aliphatic hydroxyl groups excluding tert-OH is 1. The van der Waals surface area contributed by atoms with Crippen LogP contribution in [0.4, 0.5) is 0 Å². The van der Waals surface area contributed by atoms with Crippen LogP contribution in [0.25, 0.3) is 0 Å². The number of aromatic nitrogens is 2. The van der Waals surface area contributed by atoms with E-state index in [4.69, 9.17) is 9.84 Å². The summed E-state index contributed by atoms with van der Waals surface area (Å²) in [6, 6.07) is 0. The predicted octanol–water partition coefficient (Wildman–Crippen LogP) is 1.62. The molecule has 0 aliphatic rings. The van der Waals surface area contributed by atoms with E-state index in [1.54, 1.807) is 12.5 Å². The number of imidazole rings is 1. The first-order valence-corrected chi connectivity index (χ1v) is 8.74. The van der Waals surface area contributed by atoms with Gasteiger partial charge in [-0.3, -0.25) is 0 Å². The van der Waals surface area contributed by atoms with E-state index in [1.807, 2.05) is 4.57 Å². The largest absolute Gasteiger partial charge is 0.390 e. The van der Waals surface area contributed by atoms with Gasteiger partial charge in [-0.25, -0.2) is 4.98 Å². The molecule has 1 unspecified atom stereocenters. The standard InChI is InChI=1S/C10H20N2O2Si/c1-9(15(2,3)4)14-8-12-7-11-5-10(12)6-13/h5,7,9,13H,6,8H2,1-4H3. The summed E-state index contributed by atoms with van der Waals surface area (Å²) in [6.45, 7) is 9.42. The van der Waals surface area contributed by atoms with Gasteiger partial charge < -0.3 is 14.4 Å². The maximum absolute atomic E-state index is 9.02. The van der Waals surface area contributed by atoms with Crippen molar-refractivity contribution in [1.82, 2.24) is 9.55 Å². The molecule has 0 spiro atoms. The van der Waals surface area contributed by atoms with Crippen LogP contribution in [0.5, 0.6) is 0 Å². The summed E-state index contributed by atoms with van der Waals surface area (Å²) >= 11 is 0. The van der Waals surface area contributed by atoms with Gasteiger partial charge in [-0.15, -0.1) is 0 Å². The van der Waals surface area contributed by atoms with Crippen LogP contribution in [0.1, 0.15) is 12.6 Å². The molecule has 1 atom stereocenters. The number of rotatable bonds is 5. The van der Waals surface area contributed by atoms with Gasteiger partial charge in [-0.1, -0.05) is 19.6 Å². The van der Waals surface area contributed by atoms with E-state index in [2.05, 4.69) is 31.5 Å². The Kier molecular flexibility index (Phi) is 4.07. The van der Waals surface area contributed by atoms with E-state index < -0.39 is 8.07 Å². The monoisotopic (exact) mass is 228 g/mol. The Bertz CT molecular complexity index is 307. The zero-order chi connectivity index (χ0) is 11.5. The molecule has 0 saturated carbocycles. The van der Waals surface area contributed by atoms with Crippen molar-refractivity contribution >= 4 is 8.07 Å². The van der Waals surface area contributed by atoms with Crippen molar-refractivity contribution in [3.63, 3.8) is 0 Å². The summed E-state index contributed by atoms with van der Waals surface area (Å²) in [5, 5.41) is 9.02. The quantitative estimate of drug-likeness (QED) is 0.779. The number of ether oxygens (including phenoxy) is 1. The molecule has 5 heteroatoms. The Balaban J connectivity index is 2.50. The highest BCUT2D eigenvalue weighted by molar-refractivity contribution is 6.77. The molecule has 0 aliphatic heterocycles. The first-order valence-electron chi connectivity index (χ1n) is 5.16. The predicted molar refractivity (Wildman–Crippen MR) is 62.0 cm³/mol. The fraction of sp³-hybridized carbons (Fsp3) is 0.700. The zero-order valence-corrected chi connectivity index (χ0v) is 10.9. The zero-order valence-electron chi connectivity index (χ0n) is 9.90. The fourth-order valence-corrected chi connectivity index (χ4v) is 1.61. The molecule has 15 heavy (non-hydrogen) atoms. The maximum atomic E-state index is 9.02. The Morgan fingerprint density at radius 2 is 2.20 bits per heavy atom. The molecule has 0 radical (unpaired) electrons. The fourth-order valence-electron chi connectivity index (χ4n) is 1.04. The van der Waals surface area contributed by atoms with Crippen molar-refractivity contribution in [2.75, 3.05) is 0 Å². The van der Waals surface area contributed by atoms with Crippen LogP contribution in [-0.4, -0.2) is 28.5 Å². The molecular formula is C10H20N2O2Si. The lowest BCUT2D eigenvalue weighted by molar-refractivity contribution is 0.0527. The van der Waals surface area contributed by atoms with Gasteiger partial charge in [-0.2, -0.15) is 0 Å². The molecule has 1 aromatic heterocycles. The summed E-state index contributed by atoms with van der Waals surface area (Å²) in [5.41, 5.74) is 1.09. The van der Waals surface area contributed by atoms with E-state index in [0.717, 1.165) is 5.69 Å². The van der Waals surface area contributed by atoms with Crippen LogP contribution in [0, 0.1) is 0 Å². The lowest BCUT2D eigenvalue weighted by Crippen LogP contribution is -2.38. The molecule has 0 amide bonds. The third kappa shape index (κ3) is 3.44. The maximum Gasteiger partial charge on any atom is 0.124 e. The van der Waals surface area contributed by atoms with E-state index >= 15 is 0 Å². The minimum absolute atomic E-state index is 0.00465. The van der Waals surface area contributed by atoms with Crippen molar-refractivity contribution in [2.24, 2.45) is 0 Å². The Hall–Kier alpha value is -0.653. The topological polar surface area (TPSA) is 47.3 Å².